The molecule has 0 saturated carbocycles. The number of ether oxygens (including phenoxy) is 1. The van der Waals surface area contributed by atoms with Crippen molar-refractivity contribution in [3.05, 3.63) is 34.5 Å². The summed E-state index contributed by atoms with van der Waals surface area (Å²) < 4.78 is 18.4. The van der Waals surface area contributed by atoms with Crippen molar-refractivity contribution in [3.8, 4) is 5.75 Å². The van der Waals surface area contributed by atoms with E-state index in [9.17, 15) is 9.18 Å². The van der Waals surface area contributed by atoms with Crippen molar-refractivity contribution in [1.82, 2.24) is 0 Å². The van der Waals surface area contributed by atoms with E-state index in [-0.39, 0.29) is 18.4 Å². The van der Waals surface area contributed by atoms with Crippen LogP contribution in [0.2, 0.25) is 0 Å². The van der Waals surface area contributed by atoms with Gasteiger partial charge in [0.15, 0.2) is 0 Å². The Hall–Kier alpha value is -2.27. The van der Waals surface area contributed by atoms with Crippen LogP contribution in [0.3, 0.4) is 0 Å². The van der Waals surface area contributed by atoms with Crippen LogP contribution in [0.15, 0.2) is 23.3 Å². The van der Waals surface area contributed by atoms with Crippen LogP contribution in [-0.2, 0) is 4.79 Å². The van der Waals surface area contributed by atoms with Crippen LogP contribution >= 0.6 is 0 Å². The van der Waals surface area contributed by atoms with Gasteiger partial charge >= 0.3 is 0 Å². The van der Waals surface area contributed by atoms with Crippen molar-refractivity contribution >= 4 is 11.6 Å². The number of methoxy groups -OCH3 is 1. The summed E-state index contributed by atoms with van der Waals surface area (Å²) in [6, 6.07) is 4.15. The molecule has 0 radical (unpaired) electrons. The van der Waals surface area contributed by atoms with E-state index in [4.69, 9.17) is 10.3 Å². The lowest BCUT2D eigenvalue weighted by atomic mass is 10.1. The Balaban J connectivity index is 2.20. The fourth-order valence-electron chi connectivity index (χ4n) is 2.13. The molecule has 100 valence electrons. The molecule has 1 unspecified atom stereocenters. The van der Waals surface area contributed by atoms with Gasteiger partial charge in [-0.2, -0.15) is 0 Å². The molecule has 1 atom stereocenters. The fraction of sp³-hybridized carbons (Fsp3) is 0.417. The van der Waals surface area contributed by atoms with Gasteiger partial charge in [-0.25, -0.2) is 4.39 Å². The van der Waals surface area contributed by atoms with Gasteiger partial charge in [0.25, 0.3) is 0 Å². The van der Waals surface area contributed by atoms with Gasteiger partial charge in [0, 0.05) is 36.6 Å². The minimum atomic E-state index is -0.458. The van der Waals surface area contributed by atoms with E-state index in [1.807, 2.05) is 0 Å². The van der Waals surface area contributed by atoms with Crippen molar-refractivity contribution < 1.29 is 13.9 Å². The van der Waals surface area contributed by atoms with E-state index in [2.05, 4.69) is 10.0 Å². The third kappa shape index (κ3) is 2.95. The number of amides is 1. The number of anilines is 1. The lowest BCUT2D eigenvalue weighted by molar-refractivity contribution is -0.117. The molecule has 0 N–H and O–H groups in total. The van der Waals surface area contributed by atoms with E-state index < -0.39 is 5.82 Å². The summed E-state index contributed by atoms with van der Waals surface area (Å²) in [5.74, 6) is -0.231. The highest BCUT2D eigenvalue weighted by Gasteiger charge is 2.30. The van der Waals surface area contributed by atoms with Crippen molar-refractivity contribution in [2.75, 3.05) is 25.1 Å². The maximum atomic E-state index is 13.4. The van der Waals surface area contributed by atoms with Crippen molar-refractivity contribution in [3.63, 3.8) is 0 Å². The molecular formula is C12H13FN4O2. The average Bonchev–Trinajstić information content (AvgIpc) is 2.76. The molecule has 6 nitrogen and oxygen atoms in total. The zero-order valence-corrected chi connectivity index (χ0v) is 10.4. The average molecular weight is 264 g/mol. The van der Waals surface area contributed by atoms with Gasteiger partial charge in [0.05, 0.1) is 12.8 Å². The Kier molecular flexibility index (Phi) is 3.87. The number of benzene rings is 1. The second-order valence-corrected chi connectivity index (χ2v) is 4.34. The third-order valence-corrected chi connectivity index (χ3v) is 3.01. The Morgan fingerprint density at radius 1 is 1.58 bits per heavy atom. The summed E-state index contributed by atoms with van der Waals surface area (Å²) in [5, 5.41) is 3.47. The van der Waals surface area contributed by atoms with Gasteiger partial charge in [0.2, 0.25) is 5.91 Å². The minimum absolute atomic E-state index is 0.0299. The van der Waals surface area contributed by atoms with E-state index in [0.29, 0.717) is 24.4 Å². The summed E-state index contributed by atoms with van der Waals surface area (Å²) >= 11 is 0. The zero-order valence-electron chi connectivity index (χ0n) is 10.4. The molecule has 0 aromatic heterocycles. The first kappa shape index (κ1) is 13.2. The summed E-state index contributed by atoms with van der Waals surface area (Å²) in [6.07, 6.45) is 0.303. The maximum Gasteiger partial charge on any atom is 0.227 e. The Bertz CT molecular complexity index is 543. The van der Waals surface area contributed by atoms with Gasteiger partial charge in [0.1, 0.15) is 11.6 Å². The molecule has 0 aliphatic carbocycles. The molecule has 0 bridgehead atoms. The molecule has 19 heavy (non-hydrogen) atoms. The highest BCUT2D eigenvalue weighted by molar-refractivity contribution is 5.95. The molecule has 1 saturated heterocycles. The number of halogens is 1. The van der Waals surface area contributed by atoms with Crippen molar-refractivity contribution in [2.45, 2.75) is 6.42 Å². The van der Waals surface area contributed by atoms with Crippen LogP contribution in [0.1, 0.15) is 6.42 Å². The number of azide groups is 1. The number of hydrogen-bond donors (Lipinski definition) is 0. The van der Waals surface area contributed by atoms with Crippen molar-refractivity contribution in [2.24, 2.45) is 11.0 Å². The molecule has 0 spiro atoms. The smallest absolute Gasteiger partial charge is 0.227 e. The van der Waals surface area contributed by atoms with Gasteiger partial charge in [-0.3, -0.25) is 4.79 Å². The number of rotatable bonds is 4. The van der Waals surface area contributed by atoms with Crippen LogP contribution < -0.4 is 9.64 Å². The molecule has 1 aliphatic heterocycles. The minimum Gasteiger partial charge on any atom is -0.497 e. The van der Waals surface area contributed by atoms with Crippen molar-refractivity contribution in [1.29, 1.82) is 0 Å². The van der Waals surface area contributed by atoms with Crippen LogP contribution in [0.4, 0.5) is 10.1 Å². The van der Waals surface area contributed by atoms with E-state index in [1.54, 1.807) is 6.07 Å². The van der Waals surface area contributed by atoms with Gasteiger partial charge in [-0.1, -0.05) is 5.11 Å². The van der Waals surface area contributed by atoms with Crippen LogP contribution in [-0.4, -0.2) is 26.1 Å². The van der Waals surface area contributed by atoms with Crippen LogP contribution in [0.25, 0.3) is 10.4 Å². The summed E-state index contributed by atoms with van der Waals surface area (Å²) in [5.41, 5.74) is 8.74. The molecule has 7 heteroatoms. The number of carbonyl (C=O) groups excluding carboxylic acids is 1. The largest absolute Gasteiger partial charge is 0.497 e. The van der Waals surface area contributed by atoms with Gasteiger partial charge < -0.3 is 9.64 Å². The monoisotopic (exact) mass is 264 g/mol. The predicted octanol–water partition coefficient (Wildman–Crippen LogP) is 2.50. The number of carbonyl (C=O) groups is 1. The number of hydrogen-bond acceptors (Lipinski definition) is 3. The fourth-order valence-corrected chi connectivity index (χ4v) is 2.13. The molecule has 1 aromatic rings. The SMILES string of the molecule is COc1cc(F)cc(N2CC(CN=[N+]=[N-])CC2=O)c1. The molecule has 1 fully saturated rings. The molecule has 1 aliphatic rings. The molecular weight excluding hydrogens is 251 g/mol. The van der Waals surface area contributed by atoms with E-state index in [0.717, 1.165) is 0 Å². The first-order valence-electron chi connectivity index (χ1n) is 5.80. The third-order valence-electron chi connectivity index (χ3n) is 3.01. The number of nitrogens with zero attached hydrogens (tertiary/aromatic N) is 4. The highest BCUT2D eigenvalue weighted by Crippen LogP contribution is 2.29. The van der Waals surface area contributed by atoms with Crippen LogP contribution in [0, 0.1) is 11.7 Å². The first-order valence-corrected chi connectivity index (χ1v) is 5.80. The Morgan fingerprint density at radius 3 is 3.05 bits per heavy atom. The summed E-state index contributed by atoms with van der Waals surface area (Å²) in [6.45, 7) is 0.690. The molecule has 2 rings (SSSR count). The standard InChI is InChI=1S/C12H13FN4O2/c1-19-11-4-9(13)3-10(5-11)17-7-8(2-12(17)18)6-15-16-14/h3-5,8H,2,6-7H2,1H3. The van der Waals surface area contributed by atoms with Gasteiger partial charge in [-0.05, 0) is 17.5 Å². The quantitative estimate of drug-likeness (QED) is 0.475. The Labute approximate surface area is 109 Å². The van der Waals surface area contributed by atoms with E-state index >= 15 is 0 Å². The second kappa shape index (κ2) is 5.58. The second-order valence-electron chi connectivity index (χ2n) is 4.34. The first-order chi connectivity index (χ1) is 9.13. The zero-order chi connectivity index (χ0) is 13.8. The summed E-state index contributed by atoms with van der Waals surface area (Å²) in [4.78, 5) is 16.1. The van der Waals surface area contributed by atoms with E-state index in [1.165, 1.54) is 24.1 Å². The lowest BCUT2D eigenvalue weighted by Crippen LogP contribution is -2.24. The topological polar surface area (TPSA) is 78.3 Å². The predicted molar refractivity (Wildman–Crippen MR) is 67.4 cm³/mol. The molecule has 1 aromatic carbocycles. The van der Waals surface area contributed by atoms with Crippen LogP contribution in [0.5, 0.6) is 5.75 Å². The molecule has 1 heterocycles. The Morgan fingerprint density at radius 2 is 2.37 bits per heavy atom. The lowest BCUT2D eigenvalue weighted by Gasteiger charge is -2.17. The van der Waals surface area contributed by atoms with Gasteiger partial charge in [-0.15, -0.1) is 0 Å². The normalized spacial score (nSPS) is 18.3. The summed E-state index contributed by atoms with van der Waals surface area (Å²) in [7, 11) is 1.44. The highest BCUT2D eigenvalue weighted by atomic mass is 19.1. The molecule has 1 amide bonds. The maximum absolute atomic E-state index is 13.4.